The molecule has 0 rings (SSSR count). The van der Waals surface area contributed by atoms with Gasteiger partial charge in [0.05, 0.1) is 0 Å². The fourth-order valence-corrected chi connectivity index (χ4v) is 0. The zero-order valence-corrected chi connectivity index (χ0v) is 17.5. The molecule has 0 radical (unpaired) electrons. The fraction of sp³-hybridized carbons (Fsp3) is 0. The molecule has 0 spiro atoms. The first kappa shape index (κ1) is 45.5. The molecule has 0 fully saturated rings. The SMILES string of the molecule is [Cl-].[Cl-].[Cl-].[Cl][Al]([Cl])[Cl].[Na+].[Na+].[Na+]. The summed E-state index contributed by atoms with van der Waals surface area (Å²) in [4.78, 5) is 0. The number of hydrogen-bond donors (Lipinski definition) is 0. The van der Waals surface area contributed by atoms with Gasteiger partial charge in [-0.05, 0) is 0 Å². The van der Waals surface area contributed by atoms with Crippen molar-refractivity contribution in [2.45, 2.75) is 0 Å². The molecule has 0 saturated heterocycles. The van der Waals surface area contributed by atoms with Crippen LogP contribution in [0.2, 0.25) is 0 Å². The van der Waals surface area contributed by atoms with Crippen LogP contribution in [0, 0.1) is 0 Å². The average molecular weight is 309 g/mol. The van der Waals surface area contributed by atoms with Gasteiger partial charge in [0.25, 0.3) is 0 Å². The van der Waals surface area contributed by atoms with Crippen molar-refractivity contribution in [1.29, 1.82) is 0 Å². The third-order valence-corrected chi connectivity index (χ3v) is 0. The topological polar surface area (TPSA) is 0 Å². The van der Waals surface area contributed by atoms with E-state index in [9.17, 15) is 0 Å². The monoisotopic (exact) mass is 306 g/mol. The normalized spacial score (nSPS) is 2.70. The number of rotatable bonds is 0. The van der Waals surface area contributed by atoms with E-state index in [0.29, 0.717) is 0 Å². The Hall–Kier alpha value is 5.27. The molecular weight excluding hydrogens is 309 g/mol. The van der Waals surface area contributed by atoms with E-state index in [1.54, 1.807) is 0 Å². The van der Waals surface area contributed by atoms with Gasteiger partial charge in [-0.1, -0.05) is 0 Å². The van der Waals surface area contributed by atoms with Crippen LogP contribution in [-0.2, 0) is 0 Å². The predicted octanol–water partition coefficient (Wildman–Crippen LogP) is -16.3. The van der Waals surface area contributed by atoms with Gasteiger partial charge in [-0.2, -0.15) is 0 Å². The summed E-state index contributed by atoms with van der Waals surface area (Å²) < 4.78 is 0. The van der Waals surface area contributed by atoms with Gasteiger partial charge < -0.3 is 37.2 Å². The van der Waals surface area contributed by atoms with Gasteiger partial charge in [-0.25, -0.2) is 30.1 Å². The van der Waals surface area contributed by atoms with Crippen molar-refractivity contribution in [1.82, 2.24) is 0 Å². The van der Waals surface area contributed by atoms with Crippen LogP contribution in [0.15, 0.2) is 0 Å². The molecule has 0 aromatic rings. The molecule has 0 atom stereocenters. The Kier molecular flexibility index (Phi) is 167. The van der Waals surface area contributed by atoms with E-state index in [1.165, 1.54) is 0 Å². The van der Waals surface area contributed by atoms with E-state index in [4.69, 9.17) is 30.1 Å². The molecule has 0 nitrogen and oxygen atoms in total. The van der Waals surface area contributed by atoms with Gasteiger partial charge in [0.15, 0.2) is 0 Å². The summed E-state index contributed by atoms with van der Waals surface area (Å²) in [5.41, 5.74) is 0. The second-order valence-corrected chi connectivity index (χ2v) is 6.68. The van der Waals surface area contributed by atoms with E-state index in [-0.39, 0.29) is 126 Å². The maximum atomic E-state index is 4.94. The minimum Gasteiger partial charge on any atom is -1.00 e. The van der Waals surface area contributed by atoms with E-state index in [0.717, 1.165) is 0 Å². The van der Waals surface area contributed by atoms with Gasteiger partial charge in [0, 0.05) is 0 Å². The fourth-order valence-electron chi connectivity index (χ4n) is 0. The van der Waals surface area contributed by atoms with E-state index >= 15 is 0 Å². The Morgan fingerprint density at radius 3 is 0.600 bits per heavy atom. The molecular formula is AlCl6Na3. The van der Waals surface area contributed by atoms with Gasteiger partial charge >= 0.3 is 100 Å². The van der Waals surface area contributed by atoms with Crippen molar-refractivity contribution >= 4 is 41.5 Å². The summed E-state index contributed by atoms with van der Waals surface area (Å²) in [5, 5.41) is 0. The Balaban J connectivity index is -0.00000000300. The summed E-state index contributed by atoms with van der Waals surface area (Å²) in [5.74, 6) is 0. The van der Waals surface area contributed by atoms with E-state index < -0.39 is 11.4 Å². The Labute approximate surface area is 163 Å². The molecule has 0 bridgehead atoms. The molecule has 48 valence electrons. The van der Waals surface area contributed by atoms with Crippen LogP contribution in [0.3, 0.4) is 0 Å². The van der Waals surface area contributed by atoms with Crippen LogP contribution < -0.4 is 126 Å². The van der Waals surface area contributed by atoms with Crippen molar-refractivity contribution in [2.75, 3.05) is 0 Å². The van der Waals surface area contributed by atoms with Crippen LogP contribution >= 0.6 is 30.1 Å². The zero-order chi connectivity index (χ0) is 3.58. The largest absolute Gasteiger partial charge is 1.00 e. The van der Waals surface area contributed by atoms with Gasteiger partial charge in [0.1, 0.15) is 0 Å². The molecule has 0 aliphatic carbocycles. The van der Waals surface area contributed by atoms with Crippen molar-refractivity contribution < 1.29 is 126 Å². The standard InChI is InChI=1S/Al.6ClH.3Na/h;6*1H;;;/q+3;;;;;;;3*+1/p-6. The maximum absolute atomic E-state index is 4.94. The van der Waals surface area contributed by atoms with Crippen LogP contribution in [0.25, 0.3) is 0 Å². The van der Waals surface area contributed by atoms with Gasteiger partial charge in [-0.15, -0.1) is 0 Å². The third-order valence-electron chi connectivity index (χ3n) is 0. The second-order valence-electron chi connectivity index (χ2n) is 0.247. The van der Waals surface area contributed by atoms with Crippen molar-refractivity contribution in [3.05, 3.63) is 0 Å². The summed E-state index contributed by atoms with van der Waals surface area (Å²) >= 11 is -1.72. The molecule has 0 amide bonds. The molecule has 0 aromatic carbocycles. The smallest absolute Gasteiger partial charge is 1.00 e. The quantitative estimate of drug-likeness (QED) is 0.390. The Morgan fingerprint density at radius 2 is 0.600 bits per heavy atom. The minimum absolute atomic E-state index is 0. The van der Waals surface area contributed by atoms with Crippen molar-refractivity contribution in [3.63, 3.8) is 0 Å². The minimum atomic E-state index is -1.72. The Bertz CT molecular complexity index is 17.7. The first-order valence-electron chi connectivity index (χ1n) is 0.655. The molecule has 0 heterocycles. The van der Waals surface area contributed by atoms with Gasteiger partial charge in [0.2, 0.25) is 0 Å². The molecule has 10 heteroatoms. The molecule has 0 unspecified atom stereocenters. The maximum Gasteiger partial charge on any atom is 1.00 e. The Morgan fingerprint density at radius 1 is 0.600 bits per heavy atom. The molecule has 0 aromatic heterocycles. The molecule has 0 N–H and O–H groups in total. The van der Waals surface area contributed by atoms with Crippen LogP contribution in [0.1, 0.15) is 0 Å². The molecule has 0 saturated carbocycles. The van der Waals surface area contributed by atoms with Crippen LogP contribution in [0.5, 0.6) is 0 Å². The molecule has 0 aliphatic rings. The van der Waals surface area contributed by atoms with Crippen LogP contribution in [0.4, 0.5) is 0 Å². The summed E-state index contributed by atoms with van der Waals surface area (Å²) in [6, 6.07) is 0. The van der Waals surface area contributed by atoms with Crippen LogP contribution in [-0.4, -0.2) is 11.4 Å². The first-order chi connectivity index (χ1) is 1.73. The van der Waals surface area contributed by atoms with E-state index in [2.05, 4.69) is 0 Å². The average Bonchev–Trinajstić information content (AvgIpc) is 0.811. The van der Waals surface area contributed by atoms with Gasteiger partial charge in [-0.3, -0.25) is 0 Å². The second kappa shape index (κ2) is 36.7. The number of halogens is 6. The summed E-state index contributed by atoms with van der Waals surface area (Å²) in [6.07, 6.45) is 0. The predicted molar refractivity (Wildman–Crippen MR) is 23.3 cm³/mol. The van der Waals surface area contributed by atoms with Crippen molar-refractivity contribution in [2.24, 2.45) is 0 Å². The zero-order valence-electron chi connectivity index (χ0n) is 5.85. The summed E-state index contributed by atoms with van der Waals surface area (Å²) in [7, 11) is 14.8. The first-order valence-corrected chi connectivity index (χ1v) is 5.89. The van der Waals surface area contributed by atoms with E-state index in [1.807, 2.05) is 0 Å². The van der Waals surface area contributed by atoms with Crippen molar-refractivity contribution in [3.8, 4) is 0 Å². The summed E-state index contributed by atoms with van der Waals surface area (Å²) in [6.45, 7) is 0. The third kappa shape index (κ3) is 71.9. The molecule has 10 heavy (non-hydrogen) atoms. The molecule has 0 aliphatic heterocycles. The number of hydrogen-bond acceptors (Lipinski definition) is 0.